The number of carbonyl (C=O) groups excluding carboxylic acids is 1. The van der Waals surface area contributed by atoms with Gasteiger partial charge in [-0.1, -0.05) is 0 Å². The van der Waals surface area contributed by atoms with Crippen LogP contribution < -0.4 is 10.0 Å². The lowest BCUT2D eigenvalue weighted by Crippen LogP contribution is -2.30. The SMILES string of the molecule is CC(C)NS(=O)(=O)c1ccc(NC(=O)c2ccc(S(=O)(=O)N(C)C)cc2)cc1. The predicted molar refractivity (Wildman–Crippen MR) is 107 cm³/mol. The molecule has 0 spiro atoms. The van der Waals surface area contributed by atoms with E-state index in [9.17, 15) is 21.6 Å². The first-order chi connectivity index (χ1) is 12.9. The van der Waals surface area contributed by atoms with Crippen LogP contribution >= 0.6 is 0 Å². The van der Waals surface area contributed by atoms with Crippen molar-refractivity contribution < 1.29 is 21.6 Å². The lowest BCUT2D eigenvalue weighted by Gasteiger charge is -2.12. The average molecular weight is 426 g/mol. The van der Waals surface area contributed by atoms with E-state index >= 15 is 0 Å². The number of sulfonamides is 2. The fraction of sp³-hybridized carbons (Fsp3) is 0.278. The zero-order valence-corrected chi connectivity index (χ0v) is 17.6. The maximum absolute atomic E-state index is 12.3. The molecule has 2 rings (SSSR count). The van der Waals surface area contributed by atoms with Crippen LogP contribution in [0.3, 0.4) is 0 Å². The molecule has 28 heavy (non-hydrogen) atoms. The smallest absolute Gasteiger partial charge is 0.255 e. The summed E-state index contributed by atoms with van der Waals surface area (Å²) in [5, 5.41) is 2.64. The van der Waals surface area contributed by atoms with Crippen LogP contribution in [0.5, 0.6) is 0 Å². The summed E-state index contributed by atoms with van der Waals surface area (Å²) < 4.78 is 51.9. The van der Waals surface area contributed by atoms with E-state index in [1.54, 1.807) is 13.8 Å². The van der Waals surface area contributed by atoms with E-state index in [0.29, 0.717) is 5.69 Å². The third kappa shape index (κ3) is 5.16. The molecule has 0 aliphatic heterocycles. The van der Waals surface area contributed by atoms with Crippen LogP contribution in [0.25, 0.3) is 0 Å². The molecule has 0 radical (unpaired) electrons. The molecule has 2 aromatic rings. The summed E-state index contributed by atoms with van der Waals surface area (Å²) in [6.45, 7) is 3.45. The number of hydrogen-bond donors (Lipinski definition) is 2. The van der Waals surface area contributed by atoms with Gasteiger partial charge in [-0.25, -0.2) is 25.9 Å². The van der Waals surface area contributed by atoms with Crippen molar-refractivity contribution in [1.82, 2.24) is 9.03 Å². The predicted octanol–water partition coefficient (Wildman–Crippen LogP) is 1.88. The standard InChI is InChI=1S/C18H23N3O5S2/c1-13(2)20-27(23,24)16-11-7-15(8-12-16)19-18(22)14-5-9-17(10-6-14)28(25,26)21(3)4/h5-13,20H,1-4H3,(H,19,22). The summed E-state index contributed by atoms with van der Waals surface area (Å²) in [6.07, 6.45) is 0. The minimum atomic E-state index is -3.61. The first-order valence-corrected chi connectivity index (χ1v) is 11.3. The highest BCUT2D eigenvalue weighted by Crippen LogP contribution is 2.17. The van der Waals surface area contributed by atoms with Gasteiger partial charge in [0.2, 0.25) is 20.0 Å². The van der Waals surface area contributed by atoms with E-state index in [1.807, 2.05) is 0 Å². The Morgan fingerprint density at radius 3 is 1.82 bits per heavy atom. The van der Waals surface area contributed by atoms with Crippen molar-refractivity contribution in [3.63, 3.8) is 0 Å². The number of carbonyl (C=O) groups is 1. The van der Waals surface area contributed by atoms with Gasteiger partial charge in [0.1, 0.15) is 0 Å². The Bertz CT molecular complexity index is 1040. The molecule has 0 fully saturated rings. The van der Waals surface area contributed by atoms with Crippen molar-refractivity contribution in [2.45, 2.75) is 29.7 Å². The summed E-state index contributed by atoms with van der Waals surface area (Å²) in [5.74, 6) is -0.440. The average Bonchev–Trinajstić information content (AvgIpc) is 2.61. The quantitative estimate of drug-likeness (QED) is 0.703. The van der Waals surface area contributed by atoms with Gasteiger partial charge >= 0.3 is 0 Å². The summed E-state index contributed by atoms with van der Waals surface area (Å²) in [5.41, 5.74) is 0.689. The van der Waals surface area contributed by atoms with E-state index in [1.165, 1.54) is 62.6 Å². The molecule has 0 bridgehead atoms. The Morgan fingerprint density at radius 1 is 0.857 bits per heavy atom. The van der Waals surface area contributed by atoms with Gasteiger partial charge < -0.3 is 5.32 Å². The Kier molecular flexibility index (Phi) is 6.60. The molecule has 0 atom stereocenters. The van der Waals surface area contributed by atoms with Crippen LogP contribution in [0.2, 0.25) is 0 Å². The summed E-state index contributed by atoms with van der Waals surface area (Å²) in [7, 11) is -4.32. The number of amides is 1. The van der Waals surface area contributed by atoms with Gasteiger partial charge in [0, 0.05) is 31.4 Å². The number of rotatable bonds is 7. The highest BCUT2D eigenvalue weighted by atomic mass is 32.2. The van der Waals surface area contributed by atoms with Gasteiger partial charge in [0.15, 0.2) is 0 Å². The number of anilines is 1. The van der Waals surface area contributed by atoms with E-state index in [0.717, 1.165) is 4.31 Å². The van der Waals surface area contributed by atoms with E-state index < -0.39 is 26.0 Å². The van der Waals surface area contributed by atoms with Crippen molar-refractivity contribution >= 4 is 31.6 Å². The fourth-order valence-corrected chi connectivity index (χ4v) is 4.44. The second-order valence-corrected chi connectivity index (χ2v) is 10.4. The molecule has 0 saturated heterocycles. The Hall–Kier alpha value is -2.27. The summed E-state index contributed by atoms with van der Waals surface area (Å²) >= 11 is 0. The molecule has 1 amide bonds. The highest BCUT2D eigenvalue weighted by molar-refractivity contribution is 7.89. The highest BCUT2D eigenvalue weighted by Gasteiger charge is 2.18. The topological polar surface area (TPSA) is 113 Å². The van der Waals surface area contributed by atoms with Gasteiger partial charge in [0.05, 0.1) is 9.79 Å². The van der Waals surface area contributed by atoms with Crippen molar-refractivity contribution in [1.29, 1.82) is 0 Å². The van der Waals surface area contributed by atoms with Gasteiger partial charge in [-0.05, 0) is 62.4 Å². The molecule has 0 aliphatic rings. The molecular formula is C18H23N3O5S2. The van der Waals surface area contributed by atoms with Crippen LogP contribution in [0.15, 0.2) is 58.3 Å². The van der Waals surface area contributed by atoms with Gasteiger partial charge in [0.25, 0.3) is 5.91 Å². The summed E-state index contributed by atoms with van der Waals surface area (Å²) in [4.78, 5) is 12.5. The Morgan fingerprint density at radius 2 is 1.36 bits per heavy atom. The number of hydrogen-bond acceptors (Lipinski definition) is 5. The Labute approximate surface area is 165 Å². The minimum Gasteiger partial charge on any atom is -0.322 e. The zero-order valence-electron chi connectivity index (χ0n) is 16.0. The number of nitrogens with one attached hydrogen (secondary N) is 2. The number of nitrogens with zero attached hydrogens (tertiary/aromatic N) is 1. The van der Waals surface area contributed by atoms with Crippen LogP contribution in [0, 0.1) is 0 Å². The van der Waals surface area contributed by atoms with Crippen molar-refractivity contribution in [3.8, 4) is 0 Å². The molecule has 10 heteroatoms. The molecule has 0 aliphatic carbocycles. The van der Waals surface area contributed by atoms with E-state index in [2.05, 4.69) is 10.0 Å². The van der Waals surface area contributed by atoms with Crippen LogP contribution in [0.4, 0.5) is 5.69 Å². The first kappa shape index (κ1) is 22.0. The van der Waals surface area contributed by atoms with E-state index in [-0.39, 0.29) is 21.4 Å². The third-order valence-corrected chi connectivity index (χ3v) is 7.21. The molecule has 2 aromatic carbocycles. The molecule has 0 unspecified atom stereocenters. The molecule has 0 heterocycles. The third-order valence-electron chi connectivity index (χ3n) is 3.71. The molecule has 2 N–H and O–H groups in total. The lowest BCUT2D eigenvalue weighted by molar-refractivity contribution is 0.102. The monoisotopic (exact) mass is 425 g/mol. The largest absolute Gasteiger partial charge is 0.322 e. The Balaban J connectivity index is 2.13. The van der Waals surface area contributed by atoms with Crippen molar-refractivity contribution in [2.24, 2.45) is 0 Å². The second-order valence-electron chi connectivity index (χ2n) is 6.57. The van der Waals surface area contributed by atoms with Crippen molar-refractivity contribution in [3.05, 3.63) is 54.1 Å². The molecule has 0 aromatic heterocycles. The molecule has 8 nitrogen and oxygen atoms in total. The first-order valence-electron chi connectivity index (χ1n) is 8.40. The normalized spacial score (nSPS) is 12.4. The van der Waals surface area contributed by atoms with Gasteiger partial charge in [-0.2, -0.15) is 0 Å². The van der Waals surface area contributed by atoms with E-state index in [4.69, 9.17) is 0 Å². The fourth-order valence-electron chi connectivity index (χ4n) is 2.29. The number of benzene rings is 2. The zero-order chi connectivity index (χ0) is 21.1. The second kappa shape index (κ2) is 8.39. The molecule has 152 valence electrons. The maximum Gasteiger partial charge on any atom is 0.255 e. The van der Waals surface area contributed by atoms with Crippen LogP contribution in [0.1, 0.15) is 24.2 Å². The van der Waals surface area contributed by atoms with Crippen LogP contribution in [-0.4, -0.2) is 47.2 Å². The van der Waals surface area contributed by atoms with Gasteiger partial charge in [-0.15, -0.1) is 0 Å². The maximum atomic E-state index is 12.3. The van der Waals surface area contributed by atoms with Crippen molar-refractivity contribution in [2.75, 3.05) is 19.4 Å². The van der Waals surface area contributed by atoms with Gasteiger partial charge in [-0.3, -0.25) is 4.79 Å². The lowest BCUT2D eigenvalue weighted by atomic mass is 10.2. The van der Waals surface area contributed by atoms with Crippen LogP contribution in [-0.2, 0) is 20.0 Å². The molecular weight excluding hydrogens is 402 g/mol. The molecule has 0 saturated carbocycles. The minimum absolute atomic E-state index is 0.0845. The summed E-state index contributed by atoms with van der Waals surface area (Å²) in [6, 6.07) is 11.1.